The van der Waals surface area contributed by atoms with Gasteiger partial charge in [0.25, 0.3) is 0 Å². The van der Waals surface area contributed by atoms with E-state index in [4.69, 9.17) is 0 Å². The van der Waals surface area contributed by atoms with E-state index in [1.807, 2.05) is 20.2 Å². The molecule has 1 heterocycles. The summed E-state index contributed by atoms with van der Waals surface area (Å²) in [7, 11) is 3.72. The quantitative estimate of drug-likeness (QED) is 0.944. The van der Waals surface area contributed by atoms with E-state index in [2.05, 4.69) is 26.3 Å². The zero-order valence-corrected chi connectivity index (χ0v) is 12.1. The summed E-state index contributed by atoms with van der Waals surface area (Å²) in [6, 6.07) is 5.19. The number of hydrogen-bond acceptors (Lipinski definition) is 2. The van der Waals surface area contributed by atoms with Crippen LogP contribution >= 0.6 is 15.9 Å². The van der Waals surface area contributed by atoms with Crippen molar-refractivity contribution in [3.05, 3.63) is 51.5 Å². The van der Waals surface area contributed by atoms with Crippen molar-refractivity contribution in [2.24, 2.45) is 7.05 Å². The van der Waals surface area contributed by atoms with Crippen LogP contribution < -0.4 is 5.32 Å². The summed E-state index contributed by atoms with van der Waals surface area (Å²) >= 11 is 3.47. The average Bonchev–Trinajstić information content (AvgIpc) is 2.66. The molecule has 5 heteroatoms. The van der Waals surface area contributed by atoms with Crippen molar-refractivity contribution in [2.75, 3.05) is 7.05 Å². The molecule has 0 fully saturated rings. The maximum absolute atomic E-state index is 13.7. The minimum absolute atomic E-state index is 0.0954. The fraction of sp³-hybridized carbons (Fsp3) is 0.308. The van der Waals surface area contributed by atoms with E-state index in [0.29, 0.717) is 5.56 Å². The van der Waals surface area contributed by atoms with Gasteiger partial charge in [-0.05, 0) is 47.1 Å². The Morgan fingerprint density at radius 1 is 1.44 bits per heavy atom. The van der Waals surface area contributed by atoms with Crippen molar-refractivity contribution in [3.8, 4) is 0 Å². The number of halogens is 2. The van der Waals surface area contributed by atoms with E-state index in [9.17, 15) is 4.39 Å². The van der Waals surface area contributed by atoms with Crippen molar-refractivity contribution in [1.29, 1.82) is 0 Å². The van der Waals surface area contributed by atoms with Gasteiger partial charge in [-0.25, -0.2) is 4.39 Å². The van der Waals surface area contributed by atoms with Crippen molar-refractivity contribution >= 4 is 15.9 Å². The maximum Gasteiger partial charge on any atom is 0.126 e. The van der Waals surface area contributed by atoms with Crippen LogP contribution in [-0.2, 0) is 7.05 Å². The Kier molecular flexibility index (Phi) is 3.82. The lowest BCUT2D eigenvalue weighted by Crippen LogP contribution is -2.21. The molecule has 0 aliphatic carbocycles. The summed E-state index contributed by atoms with van der Waals surface area (Å²) in [5.74, 6) is -0.189. The zero-order valence-electron chi connectivity index (χ0n) is 10.5. The summed E-state index contributed by atoms with van der Waals surface area (Å²) < 4.78 is 16.3. The van der Waals surface area contributed by atoms with Gasteiger partial charge in [0.2, 0.25) is 0 Å². The minimum atomic E-state index is -0.189. The van der Waals surface area contributed by atoms with E-state index >= 15 is 0 Å². The van der Waals surface area contributed by atoms with Gasteiger partial charge < -0.3 is 5.32 Å². The Balaban J connectivity index is 2.48. The van der Waals surface area contributed by atoms with E-state index < -0.39 is 0 Å². The van der Waals surface area contributed by atoms with Crippen LogP contribution in [0.5, 0.6) is 0 Å². The highest BCUT2D eigenvalue weighted by Gasteiger charge is 2.19. The molecule has 96 valence electrons. The lowest BCUT2D eigenvalue weighted by atomic mass is 10.0. The first-order valence-corrected chi connectivity index (χ1v) is 6.44. The second-order valence-electron chi connectivity index (χ2n) is 4.23. The molecule has 0 amide bonds. The van der Waals surface area contributed by atoms with Crippen LogP contribution in [0.2, 0.25) is 0 Å². The van der Waals surface area contributed by atoms with Gasteiger partial charge in [0.1, 0.15) is 5.82 Å². The van der Waals surface area contributed by atoms with Gasteiger partial charge in [0.05, 0.1) is 22.4 Å². The van der Waals surface area contributed by atoms with Gasteiger partial charge in [-0.15, -0.1) is 0 Å². The molecule has 3 nitrogen and oxygen atoms in total. The second kappa shape index (κ2) is 5.20. The molecule has 2 rings (SSSR count). The summed E-state index contributed by atoms with van der Waals surface area (Å²) in [6.07, 6.45) is 1.74. The van der Waals surface area contributed by atoms with Gasteiger partial charge in [0.15, 0.2) is 0 Å². The number of hydrogen-bond donors (Lipinski definition) is 1. The summed E-state index contributed by atoms with van der Waals surface area (Å²) in [4.78, 5) is 0. The van der Waals surface area contributed by atoms with Crippen molar-refractivity contribution in [2.45, 2.75) is 13.0 Å². The summed E-state index contributed by atoms with van der Waals surface area (Å²) in [5, 5.41) is 7.38. The third kappa shape index (κ3) is 2.33. The number of aromatic nitrogens is 2. The molecule has 1 atom stereocenters. The van der Waals surface area contributed by atoms with Gasteiger partial charge in [-0.1, -0.05) is 12.1 Å². The molecular weight excluding hydrogens is 297 g/mol. The molecule has 0 saturated heterocycles. The van der Waals surface area contributed by atoms with Crippen LogP contribution in [0.15, 0.2) is 28.9 Å². The van der Waals surface area contributed by atoms with Crippen molar-refractivity contribution < 1.29 is 4.39 Å². The molecule has 0 radical (unpaired) electrons. The first-order valence-electron chi connectivity index (χ1n) is 5.65. The highest BCUT2D eigenvalue weighted by atomic mass is 79.9. The number of rotatable bonds is 3. The number of nitrogens with one attached hydrogen (secondary N) is 1. The average molecular weight is 312 g/mol. The third-order valence-corrected chi connectivity index (χ3v) is 3.64. The smallest absolute Gasteiger partial charge is 0.126 e. The van der Waals surface area contributed by atoms with Gasteiger partial charge in [-0.2, -0.15) is 5.10 Å². The molecule has 1 unspecified atom stereocenters. The highest BCUT2D eigenvalue weighted by molar-refractivity contribution is 9.10. The molecular formula is C13H15BrFN3. The fourth-order valence-corrected chi connectivity index (χ4v) is 2.57. The predicted octanol–water partition coefficient (Wildman–Crippen LogP) is 2.94. The highest BCUT2D eigenvalue weighted by Crippen LogP contribution is 2.28. The van der Waals surface area contributed by atoms with Gasteiger partial charge in [0, 0.05) is 7.05 Å². The minimum Gasteiger partial charge on any atom is -0.308 e. The van der Waals surface area contributed by atoms with E-state index in [0.717, 1.165) is 15.7 Å². The molecule has 1 N–H and O–H groups in total. The van der Waals surface area contributed by atoms with E-state index in [1.54, 1.807) is 29.9 Å². The first-order chi connectivity index (χ1) is 8.54. The maximum atomic E-state index is 13.7. The molecule has 0 aliphatic heterocycles. The van der Waals surface area contributed by atoms with Crippen LogP contribution in [0.1, 0.15) is 22.9 Å². The second-order valence-corrected chi connectivity index (χ2v) is 5.09. The molecule has 0 spiro atoms. The monoisotopic (exact) mass is 311 g/mol. The van der Waals surface area contributed by atoms with Gasteiger partial charge >= 0.3 is 0 Å². The number of nitrogens with zero attached hydrogens (tertiary/aromatic N) is 2. The fourth-order valence-electron chi connectivity index (χ4n) is 1.99. The Hall–Kier alpha value is -1.20. The normalized spacial score (nSPS) is 12.7. The van der Waals surface area contributed by atoms with Crippen molar-refractivity contribution in [1.82, 2.24) is 15.1 Å². The molecule has 0 saturated carbocycles. The SMILES string of the molecule is CNC(c1ccc(C)c(F)c1)c1c(Br)cnn1C. The predicted molar refractivity (Wildman–Crippen MR) is 72.9 cm³/mol. The largest absolute Gasteiger partial charge is 0.308 e. The Morgan fingerprint density at radius 2 is 2.17 bits per heavy atom. The van der Waals surface area contributed by atoms with Crippen LogP contribution in [-0.4, -0.2) is 16.8 Å². The molecule has 18 heavy (non-hydrogen) atoms. The Labute approximate surface area is 114 Å². The molecule has 0 bridgehead atoms. The Morgan fingerprint density at radius 3 is 2.67 bits per heavy atom. The van der Waals surface area contributed by atoms with E-state index in [1.165, 1.54) is 0 Å². The molecule has 1 aromatic carbocycles. The first kappa shape index (κ1) is 13.2. The lowest BCUT2D eigenvalue weighted by Gasteiger charge is -2.18. The number of benzene rings is 1. The Bertz CT molecular complexity index is 546. The van der Waals surface area contributed by atoms with Crippen LogP contribution in [0.25, 0.3) is 0 Å². The molecule has 1 aromatic heterocycles. The van der Waals surface area contributed by atoms with Crippen LogP contribution in [0, 0.1) is 12.7 Å². The van der Waals surface area contributed by atoms with Crippen LogP contribution in [0.4, 0.5) is 4.39 Å². The molecule has 2 aromatic rings. The van der Waals surface area contributed by atoms with Crippen molar-refractivity contribution in [3.63, 3.8) is 0 Å². The summed E-state index contributed by atoms with van der Waals surface area (Å²) in [6.45, 7) is 1.76. The van der Waals surface area contributed by atoms with Gasteiger partial charge in [-0.3, -0.25) is 4.68 Å². The topological polar surface area (TPSA) is 29.9 Å². The summed E-state index contributed by atoms with van der Waals surface area (Å²) in [5.41, 5.74) is 2.50. The lowest BCUT2D eigenvalue weighted by molar-refractivity contribution is 0.586. The van der Waals surface area contributed by atoms with Crippen LogP contribution in [0.3, 0.4) is 0 Å². The zero-order chi connectivity index (χ0) is 13.3. The third-order valence-electron chi connectivity index (χ3n) is 3.03. The standard InChI is InChI=1S/C13H15BrFN3/c1-8-4-5-9(6-11(8)15)12(16-2)13-10(14)7-17-18(13)3/h4-7,12,16H,1-3H3. The van der Waals surface area contributed by atoms with E-state index in [-0.39, 0.29) is 11.9 Å². The molecule has 0 aliphatic rings. The number of aryl methyl sites for hydroxylation is 2.